The molecule has 0 aromatic rings. The molecular formula is C7H13F2NO. The van der Waals surface area contributed by atoms with Crippen molar-refractivity contribution in [3.05, 3.63) is 0 Å². The van der Waals surface area contributed by atoms with Gasteiger partial charge >= 0.3 is 0 Å². The van der Waals surface area contributed by atoms with E-state index in [2.05, 4.69) is 5.32 Å². The largest absolute Gasteiger partial charge is 0.384 e. The van der Waals surface area contributed by atoms with Gasteiger partial charge in [0.2, 0.25) is 0 Å². The lowest BCUT2D eigenvalue weighted by atomic mass is 9.96. The highest BCUT2D eigenvalue weighted by atomic mass is 19.3. The Kier molecular flexibility index (Phi) is 2.78. The third-order valence-corrected chi connectivity index (χ3v) is 2.10. The predicted octanol–water partition coefficient (Wildman–Crippen LogP) is 0.756. The summed E-state index contributed by atoms with van der Waals surface area (Å²) in [6.07, 6.45) is -1.62. The fourth-order valence-electron chi connectivity index (χ4n) is 1.29. The van der Waals surface area contributed by atoms with Gasteiger partial charge in [0.05, 0.1) is 0 Å². The van der Waals surface area contributed by atoms with E-state index in [0.29, 0.717) is 13.0 Å². The SMILES string of the molecule is OC1(C(F)F)CCCNCC1. The van der Waals surface area contributed by atoms with Crippen molar-refractivity contribution in [2.75, 3.05) is 13.1 Å². The maximum absolute atomic E-state index is 12.2. The molecule has 2 N–H and O–H groups in total. The molecule has 11 heavy (non-hydrogen) atoms. The van der Waals surface area contributed by atoms with Crippen molar-refractivity contribution in [1.29, 1.82) is 0 Å². The molecule has 1 aliphatic rings. The number of halogens is 2. The molecule has 1 rings (SSSR count). The van der Waals surface area contributed by atoms with Crippen LogP contribution in [0.25, 0.3) is 0 Å². The molecule has 1 fully saturated rings. The van der Waals surface area contributed by atoms with Crippen LogP contribution in [0.5, 0.6) is 0 Å². The van der Waals surface area contributed by atoms with E-state index in [-0.39, 0.29) is 12.8 Å². The number of rotatable bonds is 1. The van der Waals surface area contributed by atoms with Crippen molar-refractivity contribution >= 4 is 0 Å². The summed E-state index contributed by atoms with van der Waals surface area (Å²) in [6.45, 7) is 1.22. The highest BCUT2D eigenvalue weighted by molar-refractivity contribution is 4.84. The fraction of sp³-hybridized carbons (Fsp3) is 1.00. The van der Waals surface area contributed by atoms with Crippen LogP contribution in [0.3, 0.4) is 0 Å². The Balaban J connectivity index is 2.52. The average Bonchev–Trinajstić information content (AvgIpc) is 2.15. The van der Waals surface area contributed by atoms with Gasteiger partial charge in [0.25, 0.3) is 6.43 Å². The zero-order chi connectivity index (χ0) is 8.32. The maximum Gasteiger partial charge on any atom is 0.266 e. The molecule has 0 spiro atoms. The van der Waals surface area contributed by atoms with E-state index >= 15 is 0 Å². The second-order valence-electron chi connectivity index (χ2n) is 3.01. The number of hydrogen-bond acceptors (Lipinski definition) is 2. The highest BCUT2D eigenvalue weighted by Crippen LogP contribution is 2.26. The van der Waals surface area contributed by atoms with Gasteiger partial charge in [-0.2, -0.15) is 0 Å². The Bertz CT molecular complexity index is 122. The summed E-state index contributed by atoms with van der Waals surface area (Å²) < 4.78 is 24.4. The summed E-state index contributed by atoms with van der Waals surface area (Å²) in [6, 6.07) is 0. The first-order valence-electron chi connectivity index (χ1n) is 3.86. The molecule has 1 atom stereocenters. The maximum atomic E-state index is 12.2. The summed E-state index contributed by atoms with van der Waals surface area (Å²) in [5.41, 5.74) is -1.73. The van der Waals surface area contributed by atoms with Gasteiger partial charge in [-0.15, -0.1) is 0 Å². The van der Waals surface area contributed by atoms with E-state index in [9.17, 15) is 13.9 Å². The minimum absolute atomic E-state index is 0.157. The monoisotopic (exact) mass is 165 g/mol. The molecule has 4 heteroatoms. The first kappa shape index (κ1) is 8.87. The van der Waals surface area contributed by atoms with E-state index in [4.69, 9.17) is 0 Å². The zero-order valence-corrected chi connectivity index (χ0v) is 6.32. The molecule has 1 saturated heterocycles. The molecule has 0 amide bonds. The van der Waals surface area contributed by atoms with Gasteiger partial charge in [-0.3, -0.25) is 0 Å². The van der Waals surface area contributed by atoms with Gasteiger partial charge in [0.15, 0.2) is 0 Å². The van der Waals surface area contributed by atoms with Gasteiger partial charge in [0, 0.05) is 0 Å². The third kappa shape index (κ3) is 2.10. The van der Waals surface area contributed by atoms with Crippen LogP contribution in [0, 0.1) is 0 Å². The van der Waals surface area contributed by atoms with Gasteiger partial charge in [0.1, 0.15) is 5.60 Å². The summed E-state index contributed by atoms with van der Waals surface area (Å²) in [5, 5.41) is 12.3. The Hall–Kier alpha value is -0.220. The summed E-state index contributed by atoms with van der Waals surface area (Å²) in [4.78, 5) is 0. The quantitative estimate of drug-likeness (QED) is 0.601. The Labute approximate surface area is 64.6 Å². The number of aliphatic hydroxyl groups is 1. The minimum atomic E-state index is -2.61. The van der Waals surface area contributed by atoms with Crippen LogP contribution in [0.15, 0.2) is 0 Å². The van der Waals surface area contributed by atoms with E-state index < -0.39 is 12.0 Å². The Morgan fingerprint density at radius 2 is 2.00 bits per heavy atom. The summed E-state index contributed by atoms with van der Waals surface area (Å²) >= 11 is 0. The third-order valence-electron chi connectivity index (χ3n) is 2.10. The molecule has 1 unspecified atom stereocenters. The highest BCUT2D eigenvalue weighted by Gasteiger charge is 2.37. The van der Waals surface area contributed by atoms with Crippen molar-refractivity contribution in [3.63, 3.8) is 0 Å². The lowest BCUT2D eigenvalue weighted by molar-refractivity contribution is -0.102. The number of hydrogen-bond donors (Lipinski definition) is 2. The van der Waals surface area contributed by atoms with Gasteiger partial charge in [-0.05, 0) is 32.4 Å². The van der Waals surface area contributed by atoms with E-state index in [1.165, 1.54) is 0 Å². The second-order valence-corrected chi connectivity index (χ2v) is 3.01. The Morgan fingerprint density at radius 1 is 1.27 bits per heavy atom. The molecule has 0 bridgehead atoms. The first-order chi connectivity index (χ1) is 5.15. The van der Waals surface area contributed by atoms with Crippen LogP contribution >= 0.6 is 0 Å². The topological polar surface area (TPSA) is 32.3 Å². The van der Waals surface area contributed by atoms with Crippen molar-refractivity contribution in [2.45, 2.75) is 31.3 Å². The van der Waals surface area contributed by atoms with Crippen molar-refractivity contribution in [2.24, 2.45) is 0 Å². The average molecular weight is 165 g/mol. The molecule has 0 aromatic carbocycles. The lowest BCUT2D eigenvalue weighted by Crippen LogP contribution is -2.37. The predicted molar refractivity (Wildman–Crippen MR) is 37.7 cm³/mol. The van der Waals surface area contributed by atoms with Gasteiger partial charge < -0.3 is 10.4 Å². The molecule has 0 radical (unpaired) electrons. The smallest absolute Gasteiger partial charge is 0.266 e. The first-order valence-corrected chi connectivity index (χ1v) is 3.86. The van der Waals surface area contributed by atoms with Crippen LogP contribution < -0.4 is 5.32 Å². The van der Waals surface area contributed by atoms with E-state index in [1.54, 1.807) is 0 Å². The minimum Gasteiger partial charge on any atom is -0.384 e. The van der Waals surface area contributed by atoms with Gasteiger partial charge in [-0.25, -0.2) is 8.78 Å². The van der Waals surface area contributed by atoms with E-state index in [1.807, 2.05) is 0 Å². The van der Waals surface area contributed by atoms with Crippen LogP contribution in [0.1, 0.15) is 19.3 Å². The standard InChI is InChI=1S/C7H13F2NO/c8-6(9)7(11)2-1-4-10-5-3-7/h6,10-11H,1-5H2. The molecule has 0 aliphatic carbocycles. The van der Waals surface area contributed by atoms with Crippen LogP contribution in [-0.2, 0) is 0 Å². The van der Waals surface area contributed by atoms with E-state index in [0.717, 1.165) is 6.54 Å². The summed E-state index contributed by atoms with van der Waals surface area (Å²) in [5.74, 6) is 0. The molecule has 0 saturated carbocycles. The van der Waals surface area contributed by atoms with Gasteiger partial charge in [-0.1, -0.05) is 0 Å². The normalized spacial score (nSPS) is 33.8. The fourth-order valence-corrected chi connectivity index (χ4v) is 1.29. The Morgan fingerprint density at radius 3 is 2.64 bits per heavy atom. The molecule has 1 aliphatic heterocycles. The number of alkyl halides is 2. The van der Waals surface area contributed by atoms with Crippen molar-refractivity contribution < 1.29 is 13.9 Å². The van der Waals surface area contributed by atoms with Crippen LogP contribution in [0.2, 0.25) is 0 Å². The molecule has 1 heterocycles. The zero-order valence-electron chi connectivity index (χ0n) is 6.32. The van der Waals surface area contributed by atoms with Crippen molar-refractivity contribution in [1.82, 2.24) is 5.32 Å². The van der Waals surface area contributed by atoms with Crippen LogP contribution in [-0.4, -0.2) is 30.2 Å². The van der Waals surface area contributed by atoms with Crippen LogP contribution in [0.4, 0.5) is 8.78 Å². The molecule has 0 aromatic heterocycles. The summed E-state index contributed by atoms with van der Waals surface area (Å²) in [7, 11) is 0. The second kappa shape index (κ2) is 3.45. The molecule has 66 valence electrons. The lowest BCUT2D eigenvalue weighted by Gasteiger charge is -2.24. The number of nitrogens with one attached hydrogen (secondary N) is 1. The molecular weight excluding hydrogens is 152 g/mol. The van der Waals surface area contributed by atoms with Crippen molar-refractivity contribution in [3.8, 4) is 0 Å². The molecule has 2 nitrogen and oxygen atoms in total.